The van der Waals surface area contributed by atoms with E-state index in [0.717, 1.165) is 21.2 Å². The van der Waals surface area contributed by atoms with Gasteiger partial charge in [-0.05, 0) is 17.5 Å². The molecule has 134 valence electrons. The maximum atomic E-state index is 12.3. The lowest BCUT2D eigenvalue weighted by molar-refractivity contribution is -0.384. The Morgan fingerprint density at radius 1 is 1.15 bits per heavy atom. The normalized spacial score (nSPS) is 11.0. The van der Waals surface area contributed by atoms with Crippen LogP contribution in [0.1, 0.15) is 0 Å². The number of carbonyl (C=O) groups is 1. The number of non-ortho nitro benzene ring substituents is 1. The van der Waals surface area contributed by atoms with Crippen LogP contribution in [0.2, 0.25) is 0 Å². The van der Waals surface area contributed by atoms with E-state index in [4.69, 9.17) is 0 Å². The van der Waals surface area contributed by atoms with E-state index < -0.39 is 4.92 Å². The fourth-order valence-electron chi connectivity index (χ4n) is 2.72. The van der Waals surface area contributed by atoms with Crippen molar-refractivity contribution in [3.63, 3.8) is 0 Å². The van der Waals surface area contributed by atoms with E-state index in [1.165, 1.54) is 35.2 Å². The number of hydrogen-bond acceptors (Lipinski definition) is 6. The van der Waals surface area contributed by atoms with Crippen LogP contribution in [0.5, 0.6) is 0 Å². The molecule has 0 aliphatic heterocycles. The van der Waals surface area contributed by atoms with Gasteiger partial charge in [0.2, 0.25) is 5.91 Å². The van der Waals surface area contributed by atoms with Crippen LogP contribution in [-0.2, 0) is 4.79 Å². The first-order chi connectivity index (χ1) is 13.1. The SMILES string of the molecule is O=C(CSc1nc2ccc([N+](=O)[O-])cc2s1)Nc1cccc2ccccc12. The second-order valence-corrected chi connectivity index (χ2v) is 8.01. The molecule has 1 N–H and O–H groups in total. The van der Waals surface area contributed by atoms with Gasteiger partial charge in [0.05, 0.1) is 20.9 Å². The largest absolute Gasteiger partial charge is 0.325 e. The monoisotopic (exact) mass is 395 g/mol. The Labute approximate surface area is 162 Å². The van der Waals surface area contributed by atoms with Gasteiger partial charge in [-0.2, -0.15) is 0 Å². The highest BCUT2D eigenvalue weighted by molar-refractivity contribution is 8.01. The number of nitro benzene ring substituents is 1. The molecule has 0 saturated carbocycles. The fraction of sp³-hybridized carbons (Fsp3) is 0.0526. The maximum Gasteiger partial charge on any atom is 0.270 e. The lowest BCUT2D eigenvalue weighted by Gasteiger charge is -2.08. The van der Waals surface area contributed by atoms with E-state index in [1.807, 2.05) is 42.5 Å². The van der Waals surface area contributed by atoms with Gasteiger partial charge in [-0.3, -0.25) is 14.9 Å². The van der Waals surface area contributed by atoms with Crippen molar-refractivity contribution in [2.45, 2.75) is 4.34 Å². The zero-order chi connectivity index (χ0) is 18.8. The number of nitrogens with one attached hydrogen (secondary N) is 1. The van der Waals surface area contributed by atoms with Crippen LogP contribution < -0.4 is 5.32 Å². The lowest BCUT2D eigenvalue weighted by atomic mass is 10.1. The molecule has 1 aromatic heterocycles. The molecule has 4 aromatic rings. The molecule has 0 bridgehead atoms. The summed E-state index contributed by atoms with van der Waals surface area (Å²) in [6, 6.07) is 18.2. The summed E-state index contributed by atoms with van der Waals surface area (Å²) < 4.78 is 1.44. The molecule has 0 fully saturated rings. The van der Waals surface area contributed by atoms with Crippen molar-refractivity contribution in [1.82, 2.24) is 4.98 Å². The van der Waals surface area contributed by atoms with Gasteiger partial charge in [-0.1, -0.05) is 48.2 Å². The van der Waals surface area contributed by atoms with Crippen LogP contribution in [0.15, 0.2) is 65.0 Å². The summed E-state index contributed by atoms with van der Waals surface area (Å²) in [4.78, 5) is 27.2. The minimum Gasteiger partial charge on any atom is -0.325 e. The molecule has 8 heteroatoms. The number of hydrogen-bond donors (Lipinski definition) is 1. The molecule has 0 aliphatic rings. The first kappa shape index (κ1) is 17.4. The molecule has 1 heterocycles. The third kappa shape index (κ3) is 3.76. The third-order valence-corrected chi connectivity index (χ3v) is 6.11. The summed E-state index contributed by atoms with van der Waals surface area (Å²) in [5, 5.41) is 15.9. The number of benzene rings is 3. The van der Waals surface area contributed by atoms with Crippen LogP contribution in [0.3, 0.4) is 0 Å². The first-order valence-corrected chi connectivity index (χ1v) is 9.86. The summed E-state index contributed by atoms with van der Waals surface area (Å²) in [6.45, 7) is 0. The number of thioether (sulfide) groups is 1. The van der Waals surface area contributed by atoms with Crippen molar-refractivity contribution in [2.75, 3.05) is 11.1 Å². The highest BCUT2D eigenvalue weighted by Gasteiger charge is 2.12. The molecule has 6 nitrogen and oxygen atoms in total. The van der Waals surface area contributed by atoms with E-state index in [2.05, 4.69) is 10.3 Å². The van der Waals surface area contributed by atoms with E-state index in [0.29, 0.717) is 9.86 Å². The van der Waals surface area contributed by atoms with E-state index in [-0.39, 0.29) is 17.3 Å². The summed E-state index contributed by atoms with van der Waals surface area (Å²) in [7, 11) is 0. The molecule has 0 aliphatic carbocycles. The van der Waals surface area contributed by atoms with Crippen molar-refractivity contribution < 1.29 is 9.72 Å². The zero-order valence-electron chi connectivity index (χ0n) is 13.9. The van der Waals surface area contributed by atoms with E-state index in [9.17, 15) is 14.9 Å². The number of rotatable bonds is 5. The van der Waals surface area contributed by atoms with Crippen molar-refractivity contribution in [3.05, 3.63) is 70.8 Å². The smallest absolute Gasteiger partial charge is 0.270 e. The van der Waals surface area contributed by atoms with Crippen molar-refractivity contribution in [1.29, 1.82) is 0 Å². The molecule has 0 radical (unpaired) electrons. The number of anilines is 1. The second-order valence-electron chi connectivity index (χ2n) is 5.75. The Balaban J connectivity index is 1.46. The summed E-state index contributed by atoms with van der Waals surface area (Å²) in [6.07, 6.45) is 0. The third-order valence-electron chi connectivity index (χ3n) is 3.95. The highest BCUT2D eigenvalue weighted by Crippen LogP contribution is 2.32. The van der Waals surface area contributed by atoms with Gasteiger partial charge in [0.25, 0.3) is 5.69 Å². The van der Waals surface area contributed by atoms with Crippen LogP contribution >= 0.6 is 23.1 Å². The van der Waals surface area contributed by atoms with Gasteiger partial charge >= 0.3 is 0 Å². The predicted molar refractivity (Wildman–Crippen MR) is 110 cm³/mol. The van der Waals surface area contributed by atoms with Crippen molar-refractivity contribution in [3.8, 4) is 0 Å². The standard InChI is InChI=1S/C19H13N3O3S2/c23-18(20-15-7-3-5-12-4-1-2-6-14(12)15)11-26-19-21-16-9-8-13(22(24)25)10-17(16)27-19/h1-10H,11H2,(H,20,23). The van der Waals surface area contributed by atoms with Crippen LogP contribution in [0, 0.1) is 10.1 Å². The molecule has 27 heavy (non-hydrogen) atoms. The topological polar surface area (TPSA) is 85.1 Å². The van der Waals surface area contributed by atoms with Crippen LogP contribution in [-0.4, -0.2) is 21.6 Å². The predicted octanol–water partition coefficient (Wildman–Crippen LogP) is 5.09. The molecular formula is C19H13N3O3S2. The van der Waals surface area contributed by atoms with E-state index >= 15 is 0 Å². The van der Waals surface area contributed by atoms with Gasteiger partial charge in [-0.15, -0.1) is 11.3 Å². The van der Waals surface area contributed by atoms with Gasteiger partial charge < -0.3 is 5.32 Å². The Morgan fingerprint density at radius 2 is 1.96 bits per heavy atom. The molecule has 0 unspecified atom stereocenters. The average molecular weight is 395 g/mol. The summed E-state index contributed by atoms with van der Waals surface area (Å²) in [5.41, 5.74) is 1.51. The Bertz CT molecular complexity index is 1170. The average Bonchev–Trinajstić information content (AvgIpc) is 3.09. The fourth-order valence-corrected chi connectivity index (χ4v) is 4.62. The first-order valence-electron chi connectivity index (χ1n) is 8.05. The number of nitrogens with zero attached hydrogens (tertiary/aromatic N) is 2. The van der Waals surface area contributed by atoms with Gasteiger partial charge in [-0.25, -0.2) is 4.98 Å². The highest BCUT2D eigenvalue weighted by atomic mass is 32.2. The second kappa shape index (κ2) is 7.34. The van der Waals surface area contributed by atoms with Gasteiger partial charge in [0, 0.05) is 23.2 Å². The summed E-state index contributed by atoms with van der Waals surface area (Å²) >= 11 is 2.67. The van der Waals surface area contributed by atoms with Crippen molar-refractivity contribution in [2.24, 2.45) is 0 Å². The minimum atomic E-state index is -0.427. The molecule has 4 rings (SSSR count). The maximum absolute atomic E-state index is 12.3. The zero-order valence-corrected chi connectivity index (χ0v) is 15.5. The minimum absolute atomic E-state index is 0.0383. The van der Waals surface area contributed by atoms with E-state index in [1.54, 1.807) is 6.07 Å². The van der Waals surface area contributed by atoms with Crippen LogP contribution in [0.4, 0.5) is 11.4 Å². The number of fused-ring (bicyclic) bond motifs is 2. The molecule has 1 amide bonds. The van der Waals surface area contributed by atoms with Gasteiger partial charge in [0.1, 0.15) is 0 Å². The van der Waals surface area contributed by atoms with Crippen LogP contribution in [0.25, 0.3) is 21.0 Å². The quantitative estimate of drug-likeness (QED) is 0.289. The molecule has 0 spiro atoms. The molecule has 0 atom stereocenters. The molecule has 0 saturated heterocycles. The molecular weight excluding hydrogens is 382 g/mol. The number of thiazole rings is 1. The number of carbonyl (C=O) groups excluding carboxylic acids is 1. The number of nitro groups is 1. The Hall–Kier alpha value is -2.97. The summed E-state index contributed by atoms with van der Waals surface area (Å²) in [5.74, 6) is 0.0899. The Kier molecular flexibility index (Phi) is 4.74. The number of aromatic nitrogens is 1. The lowest BCUT2D eigenvalue weighted by Crippen LogP contribution is -2.14. The number of amides is 1. The van der Waals surface area contributed by atoms with Crippen molar-refractivity contribution >= 4 is 61.4 Å². The van der Waals surface area contributed by atoms with Gasteiger partial charge in [0.15, 0.2) is 4.34 Å². The Morgan fingerprint density at radius 3 is 2.81 bits per heavy atom. The molecule has 3 aromatic carbocycles.